The van der Waals surface area contributed by atoms with Gasteiger partial charge in [-0.3, -0.25) is 4.79 Å². The Labute approximate surface area is 225 Å². The Kier molecular flexibility index (Phi) is 6.22. The first kappa shape index (κ1) is 26.2. The van der Waals surface area contributed by atoms with E-state index in [1.54, 1.807) is 7.11 Å². The van der Waals surface area contributed by atoms with Crippen LogP contribution in [0, 0.1) is 5.92 Å². The number of aromatic nitrogens is 1. The number of aromatic amines is 1. The van der Waals surface area contributed by atoms with Crippen LogP contribution in [0.4, 0.5) is 13.2 Å². The minimum absolute atomic E-state index is 0.0406. The number of fused-ring (bicyclic) bond motifs is 4. The molecular weight excluding hydrogens is 531 g/mol. The van der Waals surface area contributed by atoms with Crippen molar-refractivity contribution in [2.45, 2.75) is 55.1 Å². The normalized spacial score (nSPS) is 20.2. The molecule has 1 aliphatic carbocycles. The van der Waals surface area contributed by atoms with Gasteiger partial charge in [0.2, 0.25) is 15.9 Å². The lowest BCUT2D eigenvalue weighted by atomic mass is 9.69. The van der Waals surface area contributed by atoms with E-state index >= 15 is 0 Å². The zero-order valence-electron chi connectivity index (χ0n) is 21.6. The van der Waals surface area contributed by atoms with Gasteiger partial charge in [0.25, 0.3) is 0 Å². The lowest BCUT2D eigenvalue weighted by Gasteiger charge is -2.48. The average molecular weight is 562 g/mol. The zero-order chi connectivity index (χ0) is 27.6. The van der Waals surface area contributed by atoms with Crippen molar-refractivity contribution in [2.24, 2.45) is 5.92 Å². The van der Waals surface area contributed by atoms with Crippen LogP contribution in [0.1, 0.15) is 48.9 Å². The topological polar surface area (TPSA) is 82.7 Å². The molecule has 39 heavy (non-hydrogen) atoms. The SMILES string of the molecule is COc1ccc2c3c([nH]c2c1)CN(S(=O)(=O)c1ccccc1C(F)(F)F)CC31CCN(C(=O)C2CCC2)CC1. The van der Waals surface area contributed by atoms with E-state index in [2.05, 4.69) is 4.98 Å². The van der Waals surface area contributed by atoms with Gasteiger partial charge in [-0.1, -0.05) is 18.6 Å². The maximum absolute atomic E-state index is 13.8. The van der Waals surface area contributed by atoms with Gasteiger partial charge < -0.3 is 14.6 Å². The molecule has 2 aliphatic heterocycles. The maximum atomic E-state index is 13.8. The summed E-state index contributed by atoms with van der Waals surface area (Å²) in [5.41, 5.74) is 0.605. The third-order valence-electron chi connectivity index (χ3n) is 8.72. The lowest BCUT2D eigenvalue weighted by Crippen LogP contribution is -2.54. The third kappa shape index (κ3) is 4.30. The maximum Gasteiger partial charge on any atom is 0.417 e. The zero-order valence-corrected chi connectivity index (χ0v) is 22.4. The summed E-state index contributed by atoms with van der Waals surface area (Å²) in [6.45, 7) is 0.918. The molecule has 3 aromatic rings. The van der Waals surface area contributed by atoms with Crippen LogP contribution in [0.25, 0.3) is 10.9 Å². The van der Waals surface area contributed by atoms with Crippen LogP contribution >= 0.6 is 0 Å². The number of carbonyl (C=O) groups excluding carboxylic acids is 1. The van der Waals surface area contributed by atoms with Crippen LogP contribution in [0.3, 0.4) is 0 Å². The number of methoxy groups -OCH3 is 1. The number of amides is 1. The molecule has 3 heterocycles. The minimum atomic E-state index is -4.81. The minimum Gasteiger partial charge on any atom is -0.497 e. The van der Waals surface area contributed by atoms with Crippen molar-refractivity contribution in [3.63, 3.8) is 0 Å². The Balaban J connectivity index is 1.42. The fourth-order valence-corrected chi connectivity index (χ4v) is 8.15. The number of carbonyl (C=O) groups is 1. The largest absolute Gasteiger partial charge is 0.497 e. The summed E-state index contributed by atoms with van der Waals surface area (Å²) in [7, 11) is -2.93. The van der Waals surface area contributed by atoms with Crippen molar-refractivity contribution in [1.29, 1.82) is 0 Å². The third-order valence-corrected chi connectivity index (χ3v) is 10.6. The smallest absolute Gasteiger partial charge is 0.417 e. The first-order chi connectivity index (χ1) is 18.5. The highest BCUT2D eigenvalue weighted by molar-refractivity contribution is 7.89. The molecular formula is C28H30F3N3O4S. The van der Waals surface area contributed by atoms with Crippen LogP contribution in [0.15, 0.2) is 47.4 Å². The molecule has 1 aromatic heterocycles. The molecule has 3 aliphatic rings. The molecule has 1 amide bonds. The van der Waals surface area contributed by atoms with Gasteiger partial charge in [0.15, 0.2) is 0 Å². The van der Waals surface area contributed by atoms with Crippen molar-refractivity contribution in [1.82, 2.24) is 14.2 Å². The fraction of sp³-hybridized carbons (Fsp3) is 0.464. The van der Waals surface area contributed by atoms with Gasteiger partial charge in [-0.25, -0.2) is 8.42 Å². The summed E-state index contributed by atoms with van der Waals surface area (Å²) in [4.78, 5) is 17.4. The second-order valence-electron chi connectivity index (χ2n) is 10.9. The number of halogens is 3. The number of nitrogens with zero attached hydrogens (tertiary/aromatic N) is 2. The van der Waals surface area contributed by atoms with E-state index in [1.807, 2.05) is 23.1 Å². The molecule has 0 bridgehead atoms. The molecule has 208 valence electrons. The number of alkyl halides is 3. The number of hydrogen-bond acceptors (Lipinski definition) is 4. The first-order valence-corrected chi connectivity index (χ1v) is 14.6. The highest BCUT2D eigenvalue weighted by atomic mass is 32.2. The number of benzene rings is 2. The van der Waals surface area contributed by atoms with Gasteiger partial charge in [-0.05, 0) is 55.5 Å². The predicted molar refractivity (Wildman–Crippen MR) is 139 cm³/mol. The van der Waals surface area contributed by atoms with Crippen LogP contribution in [-0.2, 0) is 33.0 Å². The number of rotatable bonds is 4. The Morgan fingerprint density at radius 2 is 1.82 bits per heavy atom. The van der Waals surface area contributed by atoms with Gasteiger partial charge in [-0.2, -0.15) is 17.5 Å². The van der Waals surface area contributed by atoms with Gasteiger partial charge >= 0.3 is 6.18 Å². The van der Waals surface area contributed by atoms with E-state index in [0.29, 0.717) is 37.4 Å². The van der Waals surface area contributed by atoms with E-state index in [9.17, 15) is 26.4 Å². The van der Waals surface area contributed by atoms with E-state index < -0.39 is 32.1 Å². The molecule has 0 atom stereocenters. The second kappa shape index (κ2) is 9.26. The second-order valence-corrected chi connectivity index (χ2v) is 12.8. The summed E-state index contributed by atoms with van der Waals surface area (Å²) in [6, 6.07) is 9.97. The molecule has 7 nitrogen and oxygen atoms in total. The Bertz CT molecular complexity index is 1540. The molecule has 0 unspecified atom stereocenters. The predicted octanol–water partition coefficient (Wildman–Crippen LogP) is 5.06. The number of ether oxygens (including phenoxy) is 1. The van der Waals surface area contributed by atoms with Gasteiger partial charge in [0, 0.05) is 53.6 Å². The van der Waals surface area contributed by atoms with Crippen molar-refractivity contribution in [3.8, 4) is 5.75 Å². The molecule has 1 saturated heterocycles. The van der Waals surface area contributed by atoms with E-state index in [1.165, 1.54) is 16.4 Å². The molecule has 6 rings (SSSR count). The highest BCUT2D eigenvalue weighted by Crippen LogP contribution is 2.48. The Morgan fingerprint density at radius 1 is 1.10 bits per heavy atom. The quantitative estimate of drug-likeness (QED) is 0.483. The van der Waals surface area contributed by atoms with Crippen LogP contribution in [0.2, 0.25) is 0 Å². The molecule has 2 aromatic carbocycles. The van der Waals surface area contributed by atoms with Crippen molar-refractivity contribution in [3.05, 3.63) is 59.3 Å². The average Bonchev–Trinajstić information content (AvgIpc) is 3.26. The number of likely N-dealkylation sites (tertiary alicyclic amines) is 1. The monoisotopic (exact) mass is 561 g/mol. The number of sulfonamides is 1. The molecule has 11 heteroatoms. The standard InChI is InChI=1S/C28H30F3N3O4S/c1-38-19-9-10-20-22(15-19)32-23-16-34(39(36,37)24-8-3-2-7-21(24)28(29,30)31)17-27(25(20)23)11-13-33(14-12-27)26(35)18-5-4-6-18/h2-3,7-10,15,18,32H,4-6,11-14,16-17H2,1H3. The van der Waals surface area contributed by atoms with Crippen molar-refractivity contribution >= 4 is 26.8 Å². The van der Waals surface area contributed by atoms with Crippen molar-refractivity contribution in [2.75, 3.05) is 26.7 Å². The van der Waals surface area contributed by atoms with Gasteiger partial charge in [0.1, 0.15) is 5.75 Å². The number of hydrogen-bond donors (Lipinski definition) is 1. The summed E-state index contributed by atoms with van der Waals surface area (Å²) >= 11 is 0. The molecule has 0 radical (unpaired) electrons. The molecule has 1 saturated carbocycles. The number of nitrogens with one attached hydrogen (secondary N) is 1. The first-order valence-electron chi connectivity index (χ1n) is 13.2. The summed E-state index contributed by atoms with van der Waals surface area (Å²) < 4.78 is 75.7. The Morgan fingerprint density at radius 3 is 2.46 bits per heavy atom. The summed E-state index contributed by atoms with van der Waals surface area (Å²) in [5.74, 6) is 0.858. The molecule has 1 N–H and O–H groups in total. The van der Waals surface area contributed by atoms with Crippen molar-refractivity contribution < 1.29 is 31.1 Å². The van der Waals surface area contributed by atoms with Crippen LogP contribution < -0.4 is 4.74 Å². The summed E-state index contributed by atoms with van der Waals surface area (Å²) in [5, 5.41) is 0.942. The summed E-state index contributed by atoms with van der Waals surface area (Å²) in [6.07, 6.45) is -0.913. The van der Waals surface area contributed by atoms with Crippen LogP contribution in [0.5, 0.6) is 5.75 Å². The molecule has 2 fully saturated rings. The lowest BCUT2D eigenvalue weighted by molar-refractivity contribution is -0.140. The van der Waals surface area contributed by atoms with Gasteiger partial charge in [0.05, 0.1) is 24.1 Å². The van der Waals surface area contributed by atoms with E-state index in [4.69, 9.17) is 4.74 Å². The number of piperidine rings is 1. The van der Waals surface area contributed by atoms with E-state index in [-0.39, 0.29) is 24.9 Å². The molecule has 1 spiro atoms. The van der Waals surface area contributed by atoms with Gasteiger partial charge in [-0.15, -0.1) is 0 Å². The van der Waals surface area contributed by atoms with E-state index in [0.717, 1.165) is 47.9 Å². The fourth-order valence-electron chi connectivity index (χ4n) is 6.44. The highest BCUT2D eigenvalue weighted by Gasteiger charge is 2.49. The Hall–Kier alpha value is -3.05. The van der Waals surface area contributed by atoms with Crippen LogP contribution in [-0.4, -0.2) is 55.3 Å². The number of H-pyrrole nitrogens is 1.